The molecule has 6 nitrogen and oxygen atoms in total. The Labute approximate surface area is 182 Å². The van der Waals surface area contributed by atoms with Crippen LogP contribution in [0.1, 0.15) is 64.4 Å². The topological polar surface area (TPSA) is 65.5 Å². The molecule has 1 aromatic heterocycles. The molecule has 1 saturated heterocycles. The number of hydrogen-bond donors (Lipinski definition) is 1. The van der Waals surface area contributed by atoms with E-state index in [0.717, 1.165) is 40.9 Å². The monoisotopic (exact) mass is 428 g/mol. The smallest absolute Gasteiger partial charge is 0.323 e. The second-order valence-electron chi connectivity index (χ2n) is 9.98. The van der Waals surface area contributed by atoms with Crippen LogP contribution in [0, 0.1) is 11.3 Å². The van der Waals surface area contributed by atoms with Gasteiger partial charge in [-0.1, -0.05) is 32.9 Å². The first-order valence-corrected chi connectivity index (χ1v) is 11.6. The molecule has 1 aliphatic carbocycles. The van der Waals surface area contributed by atoms with E-state index in [1.807, 2.05) is 30.1 Å². The highest BCUT2D eigenvalue weighted by molar-refractivity contribution is 7.18. The van der Waals surface area contributed by atoms with Gasteiger partial charge in [-0.3, -0.25) is 9.69 Å². The Balaban J connectivity index is 1.44. The summed E-state index contributed by atoms with van der Waals surface area (Å²) in [5, 5.41) is 4.04. The van der Waals surface area contributed by atoms with Crippen molar-refractivity contribution in [3.05, 3.63) is 29.3 Å². The number of benzene rings is 1. The summed E-state index contributed by atoms with van der Waals surface area (Å²) in [7, 11) is 1.94. The van der Waals surface area contributed by atoms with Gasteiger partial charge in [0.2, 0.25) is 0 Å². The van der Waals surface area contributed by atoms with Gasteiger partial charge in [0.25, 0.3) is 5.91 Å². The molecule has 162 valence electrons. The summed E-state index contributed by atoms with van der Waals surface area (Å²) in [4.78, 5) is 34.2. The number of carbonyl (C=O) groups is 2. The Bertz CT molecular complexity index is 923. The lowest BCUT2D eigenvalue weighted by molar-refractivity contribution is -0.134. The Morgan fingerprint density at radius 3 is 2.57 bits per heavy atom. The van der Waals surface area contributed by atoms with Crippen LogP contribution < -0.4 is 5.32 Å². The summed E-state index contributed by atoms with van der Waals surface area (Å²) in [5.74, 6) is 0.520. The van der Waals surface area contributed by atoms with Crippen LogP contribution in [0.4, 0.5) is 4.79 Å². The highest BCUT2D eigenvalue weighted by Crippen LogP contribution is 2.43. The van der Waals surface area contributed by atoms with Gasteiger partial charge in [-0.05, 0) is 63.1 Å². The van der Waals surface area contributed by atoms with Crippen LogP contribution >= 0.6 is 11.3 Å². The van der Waals surface area contributed by atoms with Crippen molar-refractivity contribution in [3.63, 3.8) is 0 Å². The quantitative estimate of drug-likeness (QED) is 0.712. The SMILES string of the molecule is C[C@H](c1nc2ccccc2s1)N(C)CN1C(=O)NC2(CCC(C(C)(C)C)CC2)C1=O. The molecule has 3 amide bonds. The van der Waals surface area contributed by atoms with E-state index in [9.17, 15) is 9.59 Å². The van der Waals surface area contributed by atoms with Gasteiger partial charge in [-0.15, -0.1) is 11.3 Å². The number of fused-ring (bicyclic) bond motifs is 1. The van der Waals surface area contributed by atoms with Gasteiger partial charge < -0.3 is 5.32 Å². The van der Waals surface area contributed by atoms with Crippen molar-refractivity contribution in [1.29, 1.82) is 0 Å². The first-order valence-electron chi connectivity index (χ1n) is 10.8. The first-order chi connectivity index (χ1) is 14.1. The summed E-state index contributed by atoms with van der Waals surface area (Å²) in [6, 6.07) is 7.82. The minimum absolute atomic E-state index is 0.0103. The third-order valence-corrected chi connectivity index (χ3v) is 8.21. The molecule has 2 aromatic rings. The lowest BCUT2D eigenvalue weighted by Gasteiger charge is -2.40. The van der Waals surface area contributed by atoms with Crippen LogP contribution in [0.15, 0.2) is 24.3 Å². The molecular weight excluding hydrogens is 396 g/mol. The maximum Gasteiger partial charge on any atom is 0.326 e. The van der Waals surface area contributed by atoms with E-state index >= 15 is 0 Å². The highest BCUT2D eigenvalue weighted by Gasteiger charge is 2.53. The van der Waals surface area contributed by atoms with Crippen LogP contribution in [0.25, 0.3) is 10.2 Å². The standard InChI is InChI=1S/C23H32N4O2S/c1-15(19-24-17-8-6-7-9-18(17)30-19)26(5)14-27-20(28)23(25-21(27)29)12-10-16(11-13-23)22(2,3)4/h6-9,15-16H,10-14H2,1-5H3,(H,25,29)/t15-,16?,23?/m1/s1. The predicted octanol–water partition coefficient (Wildman–Crippen LogP) is 4.77. The number of rotatable bonds is 4. The number of urea groups is 1. The average Bonchev–Trinajstić information content (AvgIpc) is 3.22. The maximum absolute atomic E-state index is 13.3. The molecule has 4 rings (SSSR count). The molecule has 1 spiro atoms. The van der Waals surface area contributed by atoms with Crippen molar-refractivity contribution in [2.45, 2.75) is 65.0 Å². The third-order valence-electron chi connectivity index (χ3n) is 7.00. The number of imide groups is 1. The van der Waals surface area contributed by atoms with E-state index < -0.39 is 5.54 Å². The molecule has 1 aromatic carbocycles. The molecule has 2 fully saturated rings. The molecule has 1 atom stereocenters. The molecule has 0 radical (unpaired) electrons. The molecule has 7 heteroatoms. The number of thiazole rings is 1. The number of nitrogens with one attached hydrogen (secondary N) is 1. The van der Waals surface area contributed by atoms with E-state index in [1.54, 1.807) is 11.3 Å². The average molecular weight is 429 g/mol. The predicted molar refractivity (Wildman–Crippen MR) is 120 cm³/mol. The fourth-order valence-corrected chi connectivity index (χ4v) is 5.81. The third kappa shape index (κ3) is 3.73. The Kier molecular flexibility index (Phi) is 5.39. The van der Waals surface area contributed by atoms with Gasteiger partial charge in [-0.2, -0.15) is 0 Å². The second-order valence-corrected chi connectivity index (χ2v) is 11.0. The molecular formula is C23H32N4O2S. The Morgan fingerprint density at radius 2 is 1.93 bits per heavy atom. The zero-order valence-electron chi connectivity index (χ0n) is 18.6. The van der Waals surface area contributed by atoms with Crippen molar-refractivity contribution >= 4 is 33.5 Å². The molecule has 0 bridgehead atoms. The molecule has 1 N–H and O–H groups in total. The Morgan fingerprint density at radius 1 is 1.27 bits per heavy atom. The van der Waals surface area contributed by atoms with Crippen LogP contribution in [0.2, 0.25) is 0 Å². The first kappa shape index (κ1) is 21.2. The highest BCUT2D eigenvalue weighted by atomic mass is 32.1. The molecule has 30 heavy (non-hydrogen) atoms. The summed E-state index contributed by atoms with van der Waals surface area (Å²) >= 11 is 1.66. The van der Waals surface area contributed by atoms with E-state index in [-0.39, 0.29) is 30.1 Å². The van der Waals surface area contributed by atoms with E-state index in [1.165, 1.54) is 4.90 Å². The molecule has 2 aliphatic rings. The number of para-hydroxylation sites is 1. The molecule has 0 unspecified atom stereocenters. The normalized spacial score (nSPS) is 26.1. The zero-order chi connectivity index (χ0) is 21.7. The van der Waals surface area contributed by atoms with Gasteiger partial charge in [0.15, 0.2) is 0 Å². The largest absolute Gasteiger partial charge is 0.326 e. The van der Waals surface area contributed by atoms with Crippen LogP contribution in [0.5, 0.6) is 0 Å². The van der Waals surface area contributed by atoms with Gasteiger partial charge in [0.1, 0.15) is 10.5 Å². The zero-order valence-corrected chi connectivity index (χ0v) is 19.4. The van der Waals surface area contributed by atoms with Crippen LogP contribution in [-0.2, 0) is 4.79 Å². The summed E-state index contributed by atoms with van der Waals surface area (Å²) in [5.41, 5.74) is 0.515. The molecule has 2 heterocycles. The lowest BCUT2D eigenvalue weighted by Crippen LogP contribution is -2.51. The summed E-state index contributed by atoms with van der Waals surface area (Å²) in [6.45, 7) is 9.12. The van der Waals surface area contributed by atoms with E-state index in [4.69, 9.17) is 4.98 Å². The van der Waals surface area contributed by atoms with Gasteiger partial charge in [0, 0.05) is 0 Å². The maximum atomic E-state index is 13.3. The van der Waals surface area contributed by atoms with Gasteiger partial charge >= 0.3 is 6.03 Å². The molecule has 1 saturated carbocycles. The minimum Gasteiger partial charge on any atom is -0.323 e. The van der Waals surface area contributed by atoms with Crippen molar-refractivity contribution in [1.82, 2.24) is 20.1 Å². The minimum atomic E-state index is -0.710. The van der Waals surface area contributed by atoms with Crippen molar-refractivity contribution < 1.29 is 9.59 Å². The van der Waals surface area contributed by atoms with E-state index in [2.05, 4.69) is 39.1 Å². The van der Waals surface area contributed by atoms with Crippen LogP contribution in [0.3, 0.4) is 0 Å². The molecule has 1 aliphatic heterocycles. The number of hydrogen-bond acceptors (Lipinski definition) is 5. The second kappa shape index (κ2) is 7.61. The van der Waals surface area contributed by atoms with Crippen molar-refractivity contribution in [3.8, 4) is 0 Å². The summed E-state index contributed by atoms with van der Waals surface area (Å²) < 4.78 is 1.15. The number of nitrogens with zero attached hydrogens (tertiary/aromatic N) is 3. The fraction of sp³-hybridized carbons (Fsp3) is 0.609. The van der Waals surface area contributed by atoms with Crippen molar-refractivity contribution in [2.24, 2.45) is 11.3 Å². The van der Waals surface area contributed by atoms with Crippen molar-refractivity contribution in [2.75, 3.05) is 13.7 Å². The Hall–Kier alpha value is -1.99. The number of carbonyl (C=O) groups excluding carboxylic acids is 2. The number of amides is 3. The summed E-state index contributed by atoms with van der Waals surface area (Å²) in [6.07, 6.45) is 3.41. The number of aromatic nitrogens is 1. The van der Waals surface area contributed by atoms with E-state index in [0.29, 0.717) is 5.92 Å². The van der Waals surface area contributed by atoms with Gasteiger partial charge in [-0.25, -0.2) is 14.7 Å². The fourth-order valence-electron chi connectivity index (χ4n) is 4.72. The lowest BCUT2D eigenvalue weighted by atomic mass is 9.67. The van der Waals surface area contributed by atoms with Crippen LogP contribution in [-0.4, -0.2) is 46.0 Å². The van der Waals surface area contributed by atoms with Gasteiger partial charge in [0.05, 0.1) is 22.9 Å².